The number of halogens is 2. The summed E-state index contributed by atoms with van der Waals surface area (Å²) in [6.45, 7) is 1.93. The predicted molar refractivity (Wildman–Crippen MR) is 109 cm³/mol. The maximum absolute atomic E-state index is 12.3. The molecule has 1 heterocycles. The molecule has 0 unspecified atom stereocenters. The van der Waals surface area contributed by atoms with Gasteiger partial charge in [-0.25, -0.2) is 0 Å². The zero-order valence-corrected chi connectivity index (χ0v) is 16.5. The van der Waals surface area contributed by atoms with Gasteiger partial charge in [0.15, 0.2) is 0 Å². The van der Waals surface area contributed by atoms with Crippen molar-refractivity contribution in [1.29, 1.82) is 0 Å². The van der Waals surface area contributed by atoms with Gasteiger partial charge in [-0.15, -0.1) is 11.8 Å². The highest BCUT2D eigenvalue weighted by Gasteiger charge is 2.11. The second-order valence-corrected chi connectivity index (χ2v) is 7.47. The van der Waals surface area contributed by atoms with Gasteiger partial charge in [-0.3, -0.25) is 9.78 Å². The Bertz CT molecular complexity index is 979. The maximum atomic E-state index is 12.3. The van der Waals surface area contributed by atoms with Crippen LogP contribution in [0.3, 0.4) is 0 Å². The van der Waals surface area contributed by atoms with Crippen LogP contribution in [0.2, 0.25) is 10.0 Å². The average molecular weight is 407 g/mol. The Balaban J connectivity index is 1.78. The summed E-state index contributed by atoms with van der Waals surface area (Å²) in [5, 5.41) is 4.70. The minimum atomic E-state index is -0.162. The van der Waals surface area contributed by atoms with Gasteiger partial charge < -0.3 is 10.1 Å². The van der Waals surface area contributed by atoms with E-state index in [1.54, 1.807) is 25.3 Å². The van der Waals surface area contributed by atoms with Crippen molar-refractivity contribution in [2.24, 2.45) is 0 Å². The van der Waals surface area contributed by atoms with E-state index >= 15 is 0 Å². The molecular weight excluding hydrogens is 391 g/mol. The molecule has 0 spiro atoms. The maximum Gasteiger partial charge on any atom is 0.234 e. The van der Waals surface area contributed by atoms with Gasteiger partial charge in [-0.2, -0.15) is 0 Å². The molecule has 0 saturated heterocycles. The highest BCUT2D eigenvalue weighted by atomic mass is 35.5. The van der Waals surface area contributed by atoms with Crippen molar-refractivity contribution < 1.29 is 9.53 Å². The van der Waals surface area contributed by atoms with Crippen molar-refractivity contribution >= 4 is 57.5 Å². The van der Waals surface area contributed by atoms with E-state index in [2.05, 4.69) is 10.3 Å². The molecule has 0 aliphatic carbocycles. The Labute approximate surface area is 165 Å². The van der Waals surface area contributed by atoms with Crippen molar-refractivity contribution in [3.05, 3.63) is 58.2 Å². The first-order valence-corrected chi connectivity index (χ1v) is 9.53. The van der Waals surface area contributed by atoms with Crippen LogP contribution in [0.15, 0.2) is 47.4 Å². The first-order chi connectivity index (χ1) is 12.5. The summed E-state index contributed by atoms with van der Waals surface area (Å²) in [5.74, 6) is 0.823. The fourth-order valence-electron chi connectivity index (χ4n) is 2.47. The molecule has 4 nitrogen and oxygen atoms in total. The number of benzene rings is 2. The van der Waals surface area contributed by atoms with Crippen LogP contribution in [0.25, 0.3) is 10.9 Å². The molecule has 0 saturated carbocycles. The molecule has 1 N–H and O–H groups in total. The number of carbonyl (C=O) groups excluding carboxylic acids is 1. The van der Waals surface area contributed by atoms with Crippen molar-refractivity contribution in [2.75, 3.05) is 18.2 Å². The van der Waals surface area contributed by atoms with E-state index in [1.165, 1.54) is 11.8 Å². The molecule has 134 valence electrons. The summed E-state index contributed by atoms with van der Waals surface area (Å²) in [7, 11) is 1.62. The monoisotopic (exact) mass is 406 g/mol. The highest BCUT2D eigenvalue weighted by molar-refractivity contribution is 8.00. The van der Waals surface area contributed by atoms with E-state index < -0.39 is 0 Å². The van der Waals surface area contributed by atoms with E-state index in [4.69, 9.17) is 27.9 Å². The standard InChI is InChI=1S/C19H16Cl2N2O2S/c1-11-7-18(14-9-13(25-2)4-6-16(14)22-11)26-10-19(24)23-17-8-12(20)3-5-15(17)21/h3-9H,10H2,1-2H3,(H,23,24). The number of thioether (sulfide) groups is 1. The molecule has 0 aliphatic rings. The lowest BCUT2D eigenvalue weighted by Gasteiger charge is -2.10. The minimum absolute atomic E-state index is 0.162. The number of hydrogen-bond donors (Lipinski definition) is 1. The van der Waals surface area contributed by atoms with Crippen LogP contribution in [0.1, 0.15) is 5.69 Å². The van der Waals surface area contributed by atoms with Crippen molar-refractivity contribution in [2.45, 2.75) is 11.8 Å². The molecule has 26 heavy (non-hydrogen) atoms. The van der Waals surface area contributed by atoms with Crippen LogP contribution in [-0.2, 0) is 4.79 Å². The van der Waals surface area contributed by atoms with Crippen LogP contribution in [0.5, 0.6) is 5.75 Å². The lowest BCUT2D eigenvalue weighted by Crippen LogP contribution is -2.14. The number of ether oxygens (including phenoxy) is 1. The molecule has 0 fully saturated rings. The number of rotatable bonds is 5. The zero-order chi connectivity index (χ0) is 18.7. The normalized spacial score (nSPS) is 10.8. The molecule has 0 atom stereocenters. The SMILES string of the molecule is COc1ccc2nc(C)cc(SCC(=O)Nc3cc(Cl)ccc3Cl)c2c1. The third-order valence-electron chi connectivity index (χ3n) is 3.67. The van der Waals surface area contributed by atoms with E-state index in [0.717, 1.165) is 27.2 Å². The number of fused-ring (bicyclic) bond motifs is 1. The van der Waals surface area contributed by atoms with Crippen LogP contribution >= 0.6 is 35.0 Å². The molecule has 3 rings (SSSR count). The van der Waals surface area contributed by atoms with Crippen molar-refractivity contribution in [3.8, 4) is 5.75 Å². The predicted octanol–water partition coefficient (Wildman–Crippen LogP) is 5.59. The van der Waals surface area contributed by atoms with E-state index in [1.807, 2.05) is 31.2 Å². The summed E-state index contributed by atoms with van der Waals surface area (Å²) in [4.78, 5) is 17.8. The summed E-state index contributed by atoms with van der Waals surface area (Å²) < 4.78 is 5.29. The van der Waals surface area contributed by atoms with Crippen LogP contribution in [-0.4, -0.2) is 23.8 Å². The Morgan fingerprint density at radius 2 is 2.00 bits per heavy atom. The first-order valence-electron chi connectivity index (χ1n) is 7.79. The molecule has 3 aromatic rings. The van der Waals surface area contributed by atoms with Gasteiger partial charge in [-0.05, 0) is 49.4 Å². The number of nitrogens with zero attached hydrogens (tertiary/aromatic N) is 1. The number of methoxy groups -OCH3 is 1. The number of anilines is 1. The summed E-state index contributed by atoms with van der Waals surface area (Å²) in [6.07, 6.45) is 0. The Kier molecular flexibility index (Phi) is 5.91. The third kappa shape index (κ3) is 4.41. The Morgan fingerprint density at radius 3 is 2.77 bits per heavy atom. The van der Waals surface area contributed by atoms with Gasteiger partial charge in [-0.1, -0.05) is 23.2 Å². The number of carbonyl (C=O) groups is 1. The number of hydrogen-bond acceptors (Lipinski definition) is 4. The molecule has 2 aromatic carbocycles. The largest absolute Gasteiger partial charge is 0.497 e. The summed E-state index contributed by atoms with van der Waals surface area (Å²) in [5.41, 5.74) is 2.26. The molecule has 0 aliphatic heterocycles. The lowest BCUT2D eigenvalue weighted by atomic mass is 10.2. The number of nitrogens with one attached hydrogen (secondary N) is 1. The minimum Gasteiger partial charge on any atom is -0.497 e. The van der Waals surface area contributed by atoms with E-state index in [-0.39, 0.29) is 11.7 Å². The van der Waals surface area contributed by atoms with Crippen LogP contribution < -0.4 is 10.1 Å². The Hall–Kier alpha value is -1.95. The summed E-state index contributed by atoms with van der Waals surface area (Å²) in [6, 6.07) is 12.6. The number of pyridine rings is 1. The first kappa shape index (κ1) is 18.8. The van der Waals surface area contributed by atoms with Gasteiger partial charge in [0.05, 0.1) is 29.1 Å². The second kappa shape index (κ2) is 8.16. The smallest absolute Gasteiger partial charge is 0.234 e. The number of aromatic nitrogens is 1. The fourth-order valence-corrected chi connectivity index (χ4v) is 3.74. The van der Waals surface area contributed by atoms with Gasteiger partial charge in [0.1, 0.15) is 5.75 Å². The average Bonchev–Trinajstić information content (AvgIpc) is 2.62. The molecule has 0 radical (unpaired) electrons. The van der Waals surface area contributed by atoms with Gasteiger partial charge in [0, 0.05) is 21.0 Å². The van der Waals surface area contributed by atoms with E-state index in [9.17, 15) is 4.79 Å². The quantitative estimate of drug-likeness (QED) is 0.561. The zero-order valence-electron chi connectivity index (χ0n) is 14.2. The van der Waals surface area contributed by atoms with Crippen molar-refractivity contribution in [3.63, 3.8) is 0 Å². The Morgan fingerprint density at radius 1 is 1.19 bits per heavy atom. The second-order valence-electron chi connectivity index (χ2n) is 5.61. The third-order valence-corrected chi connectivity index (χ3v) is 5.29. The summed E-state index contributed by atoms with van der Waals surface area (Å²) >= 11 is 13.5. The number of amides is 1. The van der Waals surface area contributed by atoms with Gasteiger partial charge in [0.2, 0.25) is 5.91 Å². The molecular formula is C19H16Cl2N2O2S. The molecule has 7 heteroatoms. The van der Waals surface area contributed by atoms with E-state index in [0.29, 0.717) is 15.7 Å². The fraction of sp³-hybridized carbons (Fsp3) is 0.158. The molecule has 1 aromatic heterocycles. The lowest BCUT2D eigenvalue weighted by molar-refractivity contribution is -0.113. The van der Waals surface area contributed by atoms with Crippen LogP contribution in [0, 0.1) is 6.92 Å². The topological polar surface area (TPSA) is 51.2 Å². The van der Waals surface area contributed by atoms with Crippen molar-refractivity contribution in [1.82, 2.24) is 4.98 Å². The van der Waals surface area contributed by atoms with Gasteiger partial charge in [0.25, 0.3) is 0 Å². The van der Waals surface area contributed by atoms with Gasteiger partial charge >= 0.3 is 0 Å². The molecule has 1 amide bonds. The van der Waals surface area contributed by atoms with Crippen LogP contribution in [0.4, 0.5) is 5.69 Å². The highest BCUT2D eigenvalue weighted by Crippen LogP contribution is 2.31. The molecule has 0 bridgehead atoms. The number of aryl methyl sites for hydroxylation is 1.